The summed E-state index contributed by atoms with van der Waals surface area (Å²) in [5, 5.41) is 0.0315. The summed E-state index contributed by atoms with van der Waals surface area (Å²) >= 11 is 8.76. The van der Waals surface area contributed by atoms with Gasteiger partial charge >= 0.3 is 6.09 Å². The van der Waals surface area contributed by atoms with E-state index in [4.69, 9.17) is 21.1 Å². The molecule has 1 saturated heterocycles. The van der Waals surface area contributed by atoms with E-state index < -0.39 is 29.6 Å². The molecular weight excluding hydrogens is 578 g/mol. The SMILES string of the molecule is Cc1cc(C)c(I)c(-c2nc(F)c3c(c2Cl)OC[C@H]2CN(C(=O)OC(C)(C)C)CCN2C3=O)n1. The van der Waals surface area contributed by atoms with Crippen LogP contribution in [0.4, 0.5) is 9.18 Å². The Bertz CT molecular complexity index is 1190. The molecule has 0 aliphatic carbocycles. The minimum Gasteiger partial charge on any atom is -0.489 e. The number of halogens is 3. The lowest BCUT2D eigenvalue weighted by Gasteiger charge is -2.40. The first-order chi connectivity index (χ1) is 15.9. The summed E-state index contributed by atoms with van der Waals surface area (Å²) in [5.41, 5.74) is 1.29. The van der Waals surface area contributed by atoms with Gasteiger partial charge in [-0.3, -0.25) is 9.78 Å². The number of rotatable bonds is 1. The van der Waals surface area contributed by atoms with E-state index in [1.54, 1.807) is 20.8 Å². The smallest absolute Gasteiger partial charge is 0.410 e. The van der Waals surface area contributed by atoms with Gasteiger partial charge in [-0.15, -0.1) is 0 Å². The summed E-state index contributed by atoms with van der Waals surface area (Å²) < 4.78 is 27.4. The van der Waals surface area contributed by atoms with Crippen molar-refractivity contribution < 1.29 is 23.5 Å². The standard InChI is InChI=1S/C23H25ClFIN4O4/c1-11-8-12(2)27-18(16(11)26)17-15(24)19-14(20(25)28-17)21(31)30-7-6-29(9-13(30)10-33-19)22(32)34-23(3,4)5/h8,13H,6-7,9-10H2,1-5H3/t13-/m1/s1. The van der Waals surface area contributed by atoms with Crippen LogP contribution in [0.3, 0.4) is 0 Å². The van der Waals surface area contributed by atoms with Gasteiger partial charge < -0.3 is 19.3 Å². The van der Waals surface area contributed by atoms with Crippen LogP contribution in [-0.4, -0.2) is 69.7 Å². The number of carbonyl (C=O) groups excluding carboxylic acids is 2. The Morgan fingerprint density at radius 1 is 1.26 bits per heavy atom. The molecule has 0 bridgehead atoms. The van der Waals surface area contributed by atoms with Crippen LogP contribution in [0.5, 0.6) is 5.75 Å². The van der Waals surface area contributed by atoms with E-state index in [9.17, 15) is 9.59 Å². The monoisotopic (exact) mass is 602 g/mol. The van der Waals surface area contributed by atoms with Crippen molar-refractivity contribution in [1.82, 2.24) is 19.8 Å². The molecule has 1 atom stereocenters. The van der Waals surface area contributed by atoms with E-state index in [1.807, 2.05) is 19.9 Å². The predicted molar refractivity (Wildman–Crippen MR) is 133 cm³/mol. The van der Waals surface area contributed by atoms with Gasteiger partial charge in [0.1, 0.15) is 34.2 Å². The first-order valence-corrected chi connectivity index (χ1v) is 12.3. The van der Waals surface area contributed by atoms with Gasteiger partial charge in [0.05, 0.1) is 6.04 Å². The molecule has 1 fully saturated rings. The summed E-state index contributed by atoms with van der Waals surface area (Å²) in [5.74, 6) is -1.58. The Labute approximate surface area is 215 Å². The number of aromatic nitrogens is 2. The molecule has 2 amide bonds. The number of amides is 2. The number of aryl methyl sites for hydroxylation is 2. The summed E-state index contributed by atoms with van der Waals surface area (Å²) in [6.45, 7) is 9.82. The third-order valence-electron chi connectivity index (χ3n) is 5.57. The number of hydrogen-bond donors (Lipinski definition) is 0. The molecule has 0 radical (unpaired) electrons. The number of nitrogens with zero attached hydrogens (tertiary/aromatic N) is 4. The van der Waals surface area contributed by atoms with Crippen molar-refractivity contribution in [2.24, 2.45) is 0 Å². The fourth-order valence-electron chi connectivity index (χ4n) is 4.05. The van der Waals surface area contributed by atoms with Gasteiger partial charge in [-0.1, -0.05) is 11.6 Å². The van der Waals surface area contributed by atoms with E-state index >= 15 is 4.39 Å². The third-order valence-corrected chi connectivity index (χ3v) is 7.28. The van der Waals surface area contributed by atoms with Gasteiger partial charge in [-0.2, -0.15) is 4.39 Å². The van der Waals surface area contributed by atoms with Crippen LogP contribution in [0.15, 0.2) is 6.07 Å². The van der Waals surface area contributed by atoms with Crippen molar-refractivity contribution in [1.29, 1.82) is 0 Å². The molecule has 4 rings (SSSR count). The molecule has 0 spiro atoms. The number of ether oxygens (including phenoxy) is 2. The molecule has 2 aromatic rings. The van der Waals surface area contributed by atoms with E-state index in [1.165, 1.54) is 9.80 Å². The molecule has 2 aliphatic rings. The third kappa shape index (κ3) is 4.66. The minimum absolute atomic E-state index is 0.0315. The first-order valence-electron chi connectivity index (χ1n) is 10.8. The molecule has 34 heavy (non-hydrogen) atoms. The van der Waals surface area contributed by atoms with Gasteiger partial charge in [-0.25, -0.2) is 9.78 Å². The quantitative estimate of drug-likeness (QED) is 0.350. The van der Waals surface area contributed by atoms with Crippen molar-refractivity contribution in [2.75, 3.05) is 26.2 Å². The van der Waals surface area contributed by atoms with Crippen LogP contribution in [0.2, 0.25) is 5.02 Å². The average Bonchev–Trinajstić information content (AvgIpc) is 2.89. The Kier molecular flexibility index (Phi) is 6.67. The molecule has 11 heteroatoms. The maximum Gasteiger partial charge on any atom is 0.410 e. The lowest BCUT2D eigenvalue weighted by Crippen LogP contribution is -2.58. The fraction of sp³-hybridized carbons (Fsp3) is 0.478. The van der Waals surface area contributed by atoms with Crippen LogP contribution in [-0.2, 0) is 4.74 Å². The summed E-state index contributed by atoms with van der Waals surface area (Å²) in [4.78, 5) is 37.4. The number of pyridine rings is 2. The highest BCUT2D eigenvalue weighted by atomic mass is 127. The van der Waals surface area contributed by atoms with E-state index in [-0.39, 0.29) is 48.3 Å². The molecule has 4 heterocycles. The van der Waals surface area contributed by atoms with Gasteiger partial charge in [-0.05, 0) is 68.8 Å². The van der Waals surface area contributed by atoms with E-state index in [0.29, 0.717) is 5.69 Å². The second-order valence-electron chi connectivity index (χ2n) is 9.40. The maximum absolute atomic E-state index is 15.3. The van der Waals surface area contributed by atoms with Gasteiger partial charge in [0.15, 0.2) is 5.75 Å². The van der Waals surface area contributed by atoms with Crippen LogP contribution in [0.1, 0.15) is 42.4 Å². The number of carbonyl (C=O) groups is 2. The highest BCUT2D eigenvalue weighted by Gasteiger charge is 2.41. The summed E-state index contributed by atoms with van der Waals surface area (Å²) in [6.07, 6.45) is -0.468. The molecule has 0 aromatic carbocycles. The molecule has 2 aliphatic heterocycles. The predicted octanol–water partition coefficient (Wildman–Crippen LogP) is 4.61. The molecule has 0 unspecified atom stereocenters. The highest BCUT2D eigenvalue weighted by molar-refractivity contribution is 14.1. The fourth-order valence-corrected chi connectivity index (χ4v) is 4.86. The Hall–Kier alpha value is -2.21. The molecule has 8 nitrogen and oxygen atoms in total. The molecule has 0 saturated carbocycles. The van der Waals surface area contributed by atoms with Gasteiger partial charge in [0.2, 0.25) is 5.95 Å². The first kappa shape index (κ1) is 24.9. The zero-order chi connectivity index (χ0) is 24.9. The maximum atomic E-state index is 15.3. The zero-order valence-electron chi connectivity index (χ0n) is 19.5. The number of hydrogen-bond acceptors (Lipinski definition) is 6. The average molecular weight is 603 g/mol. The lowest BCUT2D eigenvalue weighted by molar-refractivity contribution is 0.000892. The second kappa shape index (κ2) is 9.10. The normalized spacial score (nSPS) is 18.1. The number of fused-ring (bicyclic) bond motifs is 2. The molecular formula is C23H25ClFIN4O4. The topological polar surface area (TPSA) is 84.9 Å². The molecule has 0 N–H and O–H groups in total. The van der Waals surface area contributed by atoms with Crippen LogP contribution in [0, 0.1) is 23.4 Å². The van der Waals surface area contributed by atoms with Crippen LogP contribution in [0.25, 0.3) is 11.4 Å². The second-order valence-corrected chi connectivity index (χ2v) is 10.9. The zero-order valence-corrected chi connectivity index (χ0v) is 22.5. The van der Waals surface area contributed by atoms with Crippen molar-refractivity contribution in [3.05, 3.63) is 37.4 Å². The van der Waals surface area contributed by atoms with Crippen molar-refractivity contribution in [2.45, 2.75) is 46.3 Å². The lowest BCUT2D eigenvalue weighted by atomic mass is 10.1. The Balaban J connectivity index is 1.69. The van der Waals surface area contributed by atoms with Crippen LogP contribution < -0.4 is 4.74 Å². The van der Waals surface area contributed by atoms with Crippen LogP contribution >= 0.6 is 34.2 Å². The Morgan fingerprint density at radius 3 is 2.65 bits per heavy atom. The van der Waals surface area contributed by atoms with Crippen molar-refractivity contribution >= 4 is 46.2 Å². The Morgan fingerprint density at radius 2 is 1.97 bits per heavy atom. The van der Waals surface area contributed by atoms with Gasteiger partial charge in [0.25, 0.3) is 5.91 Å². The van der Waals surface area contributed by atoms with Crippen molar-refractivity contribution in [3.8, 4) is 17.1 Å². The number of piperazine rings is 1. The van der Waals surface area contributed by atoms with Gasteiger partial charge in [0, 0.05) is 28.9 Å². The van der Waals surface area contributed by atoms with E-state index in [2.05, 4.69) is 32.6 Å². The molecule has 182 valence electrons. The highest BCUT2D eigenvalue weighted by Crippen LogP contribution is 2.41. The minimum atomic E-state index is -0.966. The van der Waals surface area contributed by atoms with Crippen molar-refractivity contribution in [3.63, 3.8) is 0 Å². The summed E-state index contributed by atoms with van der Waals surface area (Å²) in [7, 11) is 0. The largest absolute Gasteiger partial charge is 0.489 e. The molecule has 2 aromatic heterocycles. The van der Waals surface area contributed by atoms with E-state index in [0.717, 1.165) is 14.8 Å². The summed E-state index contributed by atoms with van der Waals surface area (Å²) in [6, 6.07) is 1.42.